The van der Waals surface area contributed by atoms with Crippen LogP contribution in [0.3, 0.4) is 0 Å². The van der Waals surface area contributed by atoms with Crippen LogP contribution in [0.15, 0.2) is 60.8 Å². The summed E-state index contributed by atoms with van der Waals surface area (Å²) >= 11 is 0. The van der Waals surface area contributed by atoms with Crippen molar-refractivity contribution in [2.45, 2.75) is 84.0 Å². The van der Waals surface area contributed by atoms with Gasteiger partial charge in [0, 0.05) is 30.2 Å². The molecule has 0 atom stereocenters. The van der Waals surface area contributed by atoms with Crippen molar-refractivity contribution in [1.82, 2.24) is 4.98 Å². The van der Waals surface area contributed by atoms with E-state index in [2.05, 4.69) is 29.2 Å². The van der Waals surface area contributed by atoms with Gasteiger partial charge in [-0.05, 0) is 42.8 Å². The molecule has 0 unspecified atom stereocenters. The number of amides is 1. The Bertz CT molecular complexity index is 1020. The topological polar surface area (TPSA) is 45.2 Å². The Morgan fingerprint density at radius 1 is 0.800 bits per heavy atom. The lowest BCUT2D eigenvalue weighted by atomic mass is 10.1. The molecule has 0 spiro atoms. The van der Waals surface area contributed by atoms with Crippen molar-refractivity contribution in [2.24, 2.45) is 0 Å². The molecule has 0 saturated heterocycles. The number of nitrogens with zero attached hydrogens (tertiary/aromatic N) is 2. The number of fused-ring (bicyclic) bond motifs is 1. The predicted molar refractivity (Wildman–Crippen MR) is 150 cm³/mol. The third-order valence-corrected chi connectivity index (χ3v) is 6.77. The third kappa shape index (κ3) is 9.35. The molecule has 0 fully saturated rings. The number of hydrogen-bond acceptors (Lipinski definition) is 3. The molecule has 0 aliphatic rings. The second kappa shape index (κ2) is 15.2. The SMILES string of the molecule is CCCCCCCCCCCCCCN(C)c1ccc(C(=O)Nc2cnc3ccccc3c2)cc1. The highest BCUT2D eigenvalue weighted by Crippen LogP contribution is 2.19. The van der Waals surface area contributed by atoms with Gasteiger partial charge in [0.2, 0.25) is 0 Å². The number of carbonyl (C=O) groups is 1. The minimum Gasteiger partial charge on any atom is -0.375 e. The Balaban J connectivity index is 1.31. The molecule has 188 valence electrons. The average molecular weight is 474 g/mol. The highest BCUT2D eigenvalue weighted by molar-refractivity contribution is 6.05. The van der Waals surface area contributed by atoms with Gasteiger partial charge in [0.15, 0.2) is 0 Å². The number of nitrogens with one attached hydrogen (secondary N) is 1. The van der Waals surface area contributed by atoms with Crippen molar-refractivity contribution in [3.63, 3.8) is 0 Å². The first kappa shape index (κ1) is 26.7. The van der Waals surface area contributed by atoms with E-state index in [0.29, 0.717) is 11.3 Å². The van der Waals surface area contributed by atoms with E-state index in [-0.39, 0.29) is 5.91 Å². The van der Waals surface area contributed by atoms with Gasteiger partial charge in [-0.25, -0.2) is 0 Å². The number of unbranched alkanes of at least 4 members (excludes halogenated alkanes) is 11. The van der Waals surface area contributed by atoms with Crippen LogP contribution in [-0.4, -0.2) is 24.5 Å². The summed E-state index contributed by atoms with van der Waals surface area (Å²) in [6.45, 7) is 3.33. The summed E-state index contributed by atoms with van der Waals surface area (Å²) in [4.78, 5) is 19.4. The summed E-state index contributed by atoms with van der Waals surface area (Å²) in [6, 6.07) is 17.7. The van der Waals surface area contributed by atoms with Gasteiger partial charge >= 0.3 is 0 Å². The first-order valence-electron chi connectivity index (χ1n) is 13.6. The molecule has 1 amide bonds. The highest BCUT2D eigenvalue weighted by Gasteiger charge is 2.08. The number of pyridine rings is 1. The molecule has 4 nitrogen and oxygen atoms in total. The Hall–Kier alpha value is -2.88. The second-order valence-corrected chi connectivity index (χ2v) is 9.73. The fraction of sp³-hybridized carbons (Fsp3) is 0.484. The molecule has 1 N–H and O–H groups in total. The lowest BCUT2D eigenvalue weighted by Crippen LogP contribution is -2.19. The van der Waals surface area contributed by atoms with Gasteiger partial charge in [-0.1, -0.05) is 95.8 Å². The number of hydrogen-bond donors (Lipinski definition) is 1. The highest BCUT2D eigenvalue weighted by atomic mass is 16.1. The van der Waals surface area contributed by atoms with E-state index in [1.54, 1.807) is 6.20 Å². The van der Waals surface area contributed by atoms with E-state index in [4.69, 9.17) is 0 Å². The van der Waals surface area contributed by atoms with Crippen LogP contribution < -0.4 is 10.2 Å². The zero-order valence-electron chi connectivity index (χ0n) is 21.8. The maximum atomic E-state index is 12.7. The van der Waals surface area contributed by atoms with Crippen molar-refractivity contribution in [1.29, 1.82) is 0 Å². The number of benzene rings is 2. The van der Waals surface area contributed by atoms with E-state index in [0.717, 1.165) is 23.1 Å². The van der Waals surface area contributed by atoms with Crippen molar-refractivity contribution >= 4 is 28.2 Å². The summed E-state index contributed by atoms with van der Waals surface area (Å²) in [6.07, 6.45) is 18.1. The van der Waals surface area contributed by atoms with Gasteiger partial charge in [0.25, 0.3) is 5.91 Å². The van der Waals surface area contributed by atoms with E-state index in [9.17, 15) is 4.79 Å². The van der Waals surface area contributed by atoms with Crippen molar-refractivity contribution < 1.29 is 4.79 Å². The van der Waals surface area contributed by atoms with Crippen molar-refractivity contribution in [3.8, 4) is 0 Å². The van der Waals surface area contributed by atoms with Gasteiger partial charge in [0.1, 0.15) is 0 Å². The number of rotatable bonds is 16. The molecule has 3 aromatic rings. The molecule has 3 rings (SSSR count). The maximum absolute atomic E-state index is 12.7. The summed E-state index contributed by atoms with van der Waals surface area (Å²) in [5, 5.41) is 3.98. The van der Waals surface area contributed by atoms with Crippen LogP contribution >= 0.6 is 0 Å². The molecular weight excluding hydrogens is 430 g/mol. The van der Waals surface area contributed by atoms with E-state index in [1.807, 2.05) is 54.6 Å². The molecule has 0 radical (unpaired) electrons. The first-order chi connectivity index (χ1) is 17.2. The fourth-order valence-electron chi connectivity index (χ4n) is 4.53. The van der Waals surface area contributed by atoms with E-state index >= 15 is 0 Å². The van der Waals surface area contributed by atoms with Gasteiger partial charge in [-0.15, -0.1) is 0 Å². The zero-order valence-corrected chi connectivity index (χ0v) is 21.8. The fourth-order valence-corrected chi connectivity index (χ4v) is 4.53. The maximum Gasteiger partial charge on any atom is 0.255 e. The lowest BCUT2D eigenvalue weighted by molar-refractivity contribution is 0.102. The lowest BCUT2D eigenvalue weighted by Gasteiger charge is -2.19. The molecule has 0 saturated carbocycles. The molecule has 4 heteroatoms. The van der Waals surface area contributed by atoms with E-state index in [1.165, 1.54) is 77.0 Å². The molecule has 0 bridgehead atoms. The minimum absolute atomic E-state index is 0.114. The Morgan fingerprint density at radius 3 is 2.06 bits per heavy atom. The first-order valence-corrected chi connectivity index (χ1v) is 13.6. The monoisotopic (exact) mass is 473 g/mol. The molecule has 2 aromatic carbocycles. The van der Waals surface area contributed by atoms with Crippen molar-refractivity contribution in [3.05, 3.63) is 66.4 Å². The van der Waals surface area contributed by atoms with Crippen molar-refractivity contribution in [2.75, 3.05) is 23.8 Å². The molecule has 0 aliphatic carbocycles. The Labute approximate surface area is 212 Å². The summed E-state index contributed by atoms with van der Waals surface area (Å²) in [5.41, 5.74) is 3.44. The average Bonchev–Trinajstić information content (AvgIpc) is 2.89. The molecule has 1 heterocycles. The number of aromatic nitrogens is 1. The van der Waals surface area contributed by atoms with E-state index < -0.39 is 0 Å². The number of carbonyl (C=O) groups excluding carboxylic acids is 1. The number of para-hydroxylation sites is 1. The predicted octanol–water partition coefficient (Wildman–Crippen LogP) is 8.62. The van der Waals surface area contributed by atoms with Gasteiger partial charge in [-0.2, -0.15) is 0 Å². The van der Waals surface area contributed by atoms with Crippen LogP contribution in [-0.2, 0) is 0 Å². The Kier molecular flexibility index (Phi) is 11.6. The molecule has 0 aliphatic heterocycles. The molecular formula is C31H43N3O. The van der Waals surface area contributed by atoms with Crippen LogP contribution in [0.4, 0.5) is 11.4 Å². The van der Waals surface area contributed by atoms with Crippen LogP contribution in [0.5, 0.6) is 0 Å². The Morgan fingerprint density at radius 2 is 1.40 bits per heavy atom. The second-order valence-electron chi connectivity index (χ2n) is 9.73. The summed E-state index contributed by atoms with van der Waals surface area (Å²) < 4.78 is 0. The summed E-state index contributed by atoms with van der Waals surface area (Å²) in [5.74, 6) is -0.114. The van der Waals surface area contributed by atoms with Gasteiger partial charge in [-0.3, -0.25) is 9.78 Å². The summed E-state index contributed by atoms with van der Waals surface area (Å²) in [7, 11) is 2.13. The van der Waals surface area contributed by atoms with Crippen LogP contribution in [0, 0.1) is 0 Å². The van der Waals surface area contributed by atoms with Crippen LogP contribution in [0.1, 0.15) is 94.3 Å². The quantitative estimate of drug-likeness (QED) is 0.212. The minimum atomic E-state index is -0.114. The number of anilines is 2. The molecule has 35 heavy (non-hydrogen) atoms. The van der Waals surface area contributed by atoms with Crippen LogP contribution in [0.2, 0.25) is 0 Å². The van der Waals surface area contributed by atoms with Crippen LogP contribution in [0.25, 0.3) is 10.9 Å². The largest absolute Gasteiger partial charge is 0.375 e. The smallest absolute Gasteiger partial charge is 0.255 e. The third-order valence-electron chi connectivity index (χ3n) is 6.77. The standard InChI is InChI=1S/C31H43N3O/c1-3-4-5-6-7-8-9-10-11-12-13-16-23-34(2)29-21-19-26(20-22-29)31(35)33-28-24-27-17-14-15-18-30(27)32-25-28/h14-15,17-22,24-25H,3-13,16,23H2,1-2H3,(H,33,35). The van der Waals surface area contributed by atoms with Gasteiger partial charge in [0.05, 0.1) is 17.4 Å². The zero-order chi connectivity index (χ0) is 24.7. The van der Waals surface area contributed by atoms with Gasteiger partial charge < -0.3 is 10.2 Å². The normalized spacial score (nSPS) is 11.0. The molecule has 1 aromatic heterocycles.